The Balaban J connectivity index is 1.85. The normalized spacial score (nSPS) is 12.0. The van der Waals surface area contributed by atoms with Crippen molar-refractivity contribution in [3.8, 4) is 0 Å². The molecule has 0 atom stereocenters. The van der Waals surface area contributed by atoms with Crippen LogP contribution in [-0.2, 0) is 6.42 Å². The number of allylic oxidation sites excluding steroid dienone is 4. The molecule has 2 aromatic heterocycles. The van der Waals surface area contributed by atoms with E-state index < -0.39 is 11.5 Å². The van der Waals surface area contributed by atoms with Crippen LogP contribution in [0.1, 0.15) is 41.3 Å². The molecule has 0 bridgehead atoms. The van der Waals surface area contributed by atoms with Gasteiger partial charge in [0.2, 0.25) is 0 Å². The fourth-order valence-electron chi connectivity index (χ4n) is 3.26. The molecule has 142 valence electrons. The number of carboxylic acids is 1. The minimum Gasteiger partial charge on any atom is -0.477 e. The monoisotopic (exact) mass is 373 g/mol. The molecule has 1 aromatic carbocycles. The van der Waals surface area contributed by atoms with E-state index in [1.54, 1.807) is 12.3 Å². The lowest BCUT2D eigenvalue weighted by Gasteiger charge is -2.08. The highest BCUT2D eigenvalue weighted by Crippen LogP contribution is 2.18. The molecule has 4 nitrogen and oxygen atoms in total. The second kappa shape index (κ2) is 9.00. The molecular formula is C24H23NO3. The maximum atomic E-state index is 12.3. The van der Waals surface area contributed by atoms with Crippen LogP contribution in [0.5, 0.6) is 0 Å². The van der Waals surface area contributed by atoms with E-state index in [0.717, 1.165) is 23.9 Å². The summed E-state index contributed by atoms with van der Waals surface area (Å²) in [6.07, 6.45) is 10.3. The lowest BCUT2D eigenvalue weighted by molar-refractivity contribution is 0.0694. The number of aromatic carboxylic acids is 1. The number of pyridine rings is 2. The second-order valence-electron chi connectivity index (χ2n) is 6.52. The SMILES string of the molecule is CCC=C(C=CCCc1cc(C(=O)O)c(=O)n2ccccc12)c1ccccc1. The molecular weight excluding hydrogens is 350 g/mol. The number of carboxylic acid groups (broad SMARTS) is 1. The van der Waals surface area contributed by atoms with Crippen molar-refractivity contribution in [1.82, 2.24) is 4.40 Å². The van der Waals surface area contributed by atoms with Gasteiger partial charge in [0.15, 0.2) is 0 Å². The fourth-order valence-corrected chi connectivity index (χ4v) is 3.26. The number of rotatable bonds is 7. The maximum Gasteiger partial charge on any atom is 0.341 e. The van der Waals surface area contributed by atoms with Crippen molar-refractivity contribution >= 4 is 17.1 Å². The third kappa shape index (κ3) is 4.29. The Morgan fingerprint density at radius 2 is 1.86 bits per heavy atom. The van der Waals surface area contributed by atoms with E-state index in [0.29, 0.717) is 6.42 Å². The van der Waals surface area contributed by atoms with Crippen molar-refractivity contribution in [3.05, 3.63) is 106 Å². The van der Waals surface area contributed by atoms with Crippen LogP contribution in [0, 0.1) is 0 Å². The van der Waals surface area contributed by atoms with E-state index in [-0.39, 0.29) is 5.56 Å². The van der Waals surface area contributed by atoms with Crippen molar-refractivity contribution < 1.29 is 9.90 Å². The van der Waals surface area contributed by atoms with Gasteiger partial charge in [0.1, 0.15) is 5.56 Å². The van der Waals surface area contributed by atoms with E-state index in [4.69, 9.17) is 0 Å². The van der Waals surface area contributed by atoms with Gasteiger partial charge in [-0.05, 0) is 54.2 Å². The Morgan fingerprint density at radius 3 is 2.57 bits per heavy atom. The molecule has 0 unspecified atom stereocenters. The predicted molar refractivity (Wildman–Crippen MR) is 113 cm³/mol. The molecule has 0 spiro atoms. The average Bonchev–Trinajstić information content (AvgIpc) is 2.72. The third-order valence-corrected chi connectivity index (χ3v) is 4.60. The first-order valence-corrected chi connectivity index (χ1v) is 9.40. The molecule has 0 aliphatic heterocycles. The summed E-state index contributed by atoms with van der Waals surface area (Å²) in [5.74, 6) is -1.20. The standard InChI is InChI=1S/C24H23NO3/c1-2-10-18(19-11-4-3-5-12-19)13-6-7-14-20-17-21(24(27)28)23(26)25-16-9-8-15-22(20)25/h3-6,8-13,15-17H,2,7,14H2,1H3,(H,27,28). The summed E-state index contributed by atoms with van der Waals surface area (Å²) < 4.78 is 1.41. The van der Waals surface area contributed by atoms with Gasteiger partial charge in [-0.1, -0.05) is 61.5 Å². The lowest BCUT2D eigenvalue weighted by Crippen LogP contribution is -2.22. The minimum absolute atomic E-state index is 0.196. The number of nitrogens with zero attached hydrogens (tertiary/aromatic N) is 1. The molecule has 0 radical (unpaired) electrons. The van der Waals surface area contributed by atoms with Gasteiger partial charge in [-0.3, -0.25) is 9.20 Å². The quantitative estimate of drug-likeness (QED) is 0.594. The zero-order valence-corrected chi connectivity index (χ0v) is 15.8. The molecule has 4 heteroatoms. The highest BCUT2D eigenvalue weighted by atomic mass is 16.4. The molecule has 0 saturated heterocycles. The van der Waals surface area contributed by atoms with E-state index in [1.165, 1.54) is 21.6 Å². The predicted octanol–water partition coefficient (Wildman–Crippen LogP) is 4.98. The number of hydrogen-bond donors (Lipinski definition) is 1. The smallest absolute Gasteiger partial charge is 0.341 e. The first-order chi connectivity index (χ1) is 13.6. The highest BCUT2D eigenvalue weighted by Gasteiger charge is 2.13. The third-order valence-electron chi connectivity index (χ3n) is 4.60. The average molecular weight is 373 g/mol. The van der Waals surface area contributed by atoms with Crippen LogP contribution in [0.2, 0.25) is 0 Å². The molecule has 0 aliphatic carbocycles. The Hall–Kier alpha value is -3.40. The van der Waals surface area contributed by atoms with Gasteiger partial charge in [0, 0.05) is 6.20 Å². The van der Waals surface area contributed by atoms with E-state index >= 15 is 0 Å². The Kier molecular flexibility index (Phi) is 6.22. The summed E-state index contributed by atoms with van der Waals surface area (Å²) >= 11 is 0. The summed E-state index contributed by atoms with van der Waals surface area (Å²) in [5, 5.41) is 9.34. The van der Waals surface area contributed by atoms with Crippen LogP contribution in [0.15, 0.2) is 83.8 Å². The maximum absolute atomic E-state index is 12.3. The van der Waals surface area contributed by atoms with Gasteiger partial charge >= 0.3 is 5.97 Å². The molecule has 2 heterocycles. The Morgan fingerprint density at radius 1 is 1.11 bits per heavy atom. The Bertz CT molecular complexity index is 1090. The number of hydrogen-bond acceptors (Lipinski definition) is 2. The fraction of sp³-hybridized carbons (Fsp3) is 0.167. The van der Waals surface area contributed by atoms with Crippen molar-refractivity contribution in [1.29, 1.82) is 0 Å². The topological polar surface area (TPSA) is 58.8 Å². The van der Waals surface area contributed by atoms with Crippen molar-refractivity contribution in [2.24, 2.45) is 0 Å². The molecule has 0 amide bonds. The van der Waals surface area contributed by atoms with Crippen LogP contribution in [0.25, 0.3) is 11.1 Å². The number of benzene rings is 1. The first-order valence-electron chi connectivity index (χ1n) is 9.40. The second-order valence-corrected chi connectivity index (χ2v) is 6.52. The minimum atomic E-state index is -1.20. The summed E-state index contributed by atoms with van der Waals surface area (Å²) in [5.41, 5.74) is 3.24. The van der Waals surface area contributed by atoms with Crippen molar-refractivity contribution in [3.63, 3.8) is 0 Å². The molecule has 1 N–H and O–H groups in total. The number of aromatic nitrogens is 1. The van der Waals surface area contributed by atoms with Crippen molar-refractivity contribution in [2.45, 2.75) is 26.2 Å². The van der Waals surface area contributed by atoms with Gasteiger partial charge in [0.05, 0.1) is 5.52 Å². The largest absolute Gasteiger partial charge is 0.477 e. The van der Waals surface area contributed by atoms with Crippen molar-refractivity contribution in [2.75, 3.05) is 0 Å². The molecule has 3 aromatic rings. The summed E-state index contributed by atoms with van der Waals surface area (Å²) in [6, 6.07) is 17.1. The van der Waals surface area contributed by atoms with Gasteiger partial charge in [-0.25, -0.2) is 4.79 Å². The molecule has 28 heavy (non-hydrogen) atoms. The zero-order valence-electron chi connectivity index (χ0n) is 15.8. The van der Waals surface area contributed by atoms with Gasteiger partial charge in [-0.15, -0.1) is 0 Å². The lowest BCUT2D eigenvalue weighted by atomic mass is 10.0. The summed E-state index contributed by atoms with van der Waals surface area (Å²) in [6.45, 7) is 2.11. The highest BCUT2D eigenvalue weighted by molar-refractivity contribution is 5.88. The van der Waals surface area contributed by atoms with E-state index in [9.17, 15) is 14.7 Å². The van der Waals surface area contributed by atoms with Crippen LogP contribution < -0.4 is 5.56 Å². The summed E-state index contributed by atoms with van der Waals surface area (Å²) in [4.78, 5) is 23.8. The van der Waals surface area contributed by atoms with Gasteiger partial charge in [0.25, 0.3) is 5.56 Å². The molecule has 0 saturated carbocycles. The number of fused-ring (bicyclic) bond motifs is 1. The van der Waals surface area contributed by atoms with Crippen LogP contribution in [0.4, 0.5) is 0 Å². The van der Waals surface area contributed by atoms with Crippen LogP contribution >= 0.6 is 0 Å². The van der Waals surface area contributed by atoms with Gasteiger partial charge < -0.3 is 5.11 Å². The summed E-state index contributed by atoms with van der Waals surface area (Å²) in [7, 11) is 0. The number of aryl methyl sites for hydroxylation is 1. The molecule has 0 aliphatic rings. The van der Waals surface area contributed by atoms with Crippen LogP contribution in [0.3, 0.4) is 0 Å². The van der Waals surface area contributed by atoms with E-state index in [2.05, 4.69) is 37.3 Å². The molecule has 3 rings (SSSR count). The zero-order chi connectivity index (χ0) is 19.9. The van der Waals surface area contributed by atoms with Crippen LogP contribution in [-0.4, -0.2) is 15.5 Å². The van der Waals surface area contributed by atoms with Gasteiger partial charge in [-0.2, -0.15) is 0 Å². The van der Waals surface area contributed by atoms with E-state index in [1.807, 2.05) is 30.3 Å². The Labute approximate surface area is 164 Å². The number of carbonyl (C=O) groups is 1. The first kappa shape index (κ1) is 19.4. The molecule has 0 fully saturated rings.